The number of hydrogen-bond donors (Lipinski definition) is 0. The van der Waals surface area contributed by atoms with Crippen LogP contribution in [0.5, 0.6) is 0 Å². The molecule has 1 aromatic heterocycles. The van der Waals surface area contributed by atoms with E-state index in [0.717, 1.165) is 11.3 Å². The molecule has 1 aliphatic heterocycles. The zero-order chi connectivity index (χ0) is 19.5. The van der Waals surface area contributed by atoms with E-state index in [1.807, 2.05) is 60.7 Å². The third-order valence-electron chi connectivity index (χ3n) is 4.84. The van der Waals surface area contributed by atoms with Crippen molar-refractivity contribution in [2.24, 2.45) is 0 Å². The molecule has 1 saturated heterocycles. The number of amides is 1. The second-order valence-corrected chi connectivity index (χ2v) is 6.77. The summed E-state index contributed by atoms with van der Waals surface area (Å²) in [5.74, 6) is -0.362. The monoisotopic (exact) mass is 375 g/mol. The molecule has 0 radical (unpaired) electrons. The van der Waals surface area contributed by atoms with Crippen molar-refractivity contribution in [2.45, 2.75) is 13.0 Å². The average molecular weight is 375 g/mol. The molecule has 0 bridgehead atoms. The summed E-state index contributed by atoms with van der Waals surface area (Å²) in [6.07, 6.45) is -0.208. The van der Waals surface area contributed by atoms with Crippen molar-refractivity contribution in [1.82, 2.24) is 14.7 Å². The van der Waals surface area contributed by atoms with Gasteiger partial charge in [-0.15, -0.1) is 0 Å². The van der Waals surface area contributed by atoms with E-state index in [1.165, 1.54) is 6.07 Å². The van der Waals surface area contributed by atoms with E-state index in [1.54, 1.807) is 16.5 Å². The standard InChI is InChI=1S/C22H21N3O3/c1-16-14-19(26)21(23-25(16)18-10-6-3-7-11-18)22(27)24-12-13-28-20(15-24)17-8-4-2-5-9-17/h2-11,14,20H,12-13,15H2,1H3/t20-/m0/s1. The Morgan fingerprint density at radius 2 is 1.75 bits per heavy atom. The lowest BCUT2D eigenvalue weighted by atomic mass is 10.1. The van der Waals surface area contributed by atoms with Crippen molar-refractivity contribution >= 4 is 5.91 Å². The number of nitrogens with zero attached hydrogens (tertiary/aromatic N) is 3. The third kappa shape index (κ3) is 3.59. The van der Waals surface area contributed by atoms with E-state index in [-0.39, 0.29) is 23.1 Å². The van der Waals surface area contributed by atoms with Crippen LogP contribution in [0.25, 0.3) is 5.69 Å². The fourth-order valence-corrected chi connectivity index (χ4v) is 3.38. The van der Waals surface area contributed by atoms with Gasteiger partial charge < -0.3 is 9.64 Å². The predicted molar refractivity (Wildman–Crippen MR) is 106 cm³/mol. The molecular weight excluding hydrogens is 354 g/mol. The highest BCUT2D eigenvalue weighted by Gasteiger charge is 2.28. The lowest BCUT2D eigenvalue weighted by Gasteiger charge is -2.33. The number of aryl methyl sites for hydroxylation is 1. The predicted octanol–water partition coefficient (Wildman–Crippen LogP) is 2.75. The van der Waals surface area contributed by atoms with E-state index in [9.17, 15) is 9.59 Å². The molecule has 1 aliphatic rings. The Kier molecular flexibility index (Phi) is 5.04. The molecule has 3 aromatic rings. The summed E-state index contributed by atoms with van der Waals surface area (Å²) in [7, 11) is 0. The molecule has 0 unspecified atom stereocenters. The topological polar surface area (TPSA) is 64.4 Å². The summed E-state index contributed by atoms with van der Waals surface area (Å²) >= 11 is 0. The van der Waals surface area contributed by atoms with Gasteiger partial charge in [0.25, 0.3) is 5.91 Å². The molecular formula is C22H21N3O3. The number of morpholine rings is 1. The zero-order valence-electron chi connectivity index (χ0n) is 15.6. The first-order chi connectivity index (χ1) is 13.6. The fraction of sp³-hybridized carbons (Fsp3) is 0.227. The number of ether oxygens (including phenoxy) is 1. The molecule has 6 nitrogen and oxygen atoms in total. The van der Waals surface area contributed by atoms with Crippen molar-refractivity contribution in [3.63, 3.8) is 0 Å². The molecule has 1 atom stereocenters. The van der Waals surface area contributed by atoms with Crippen LogP contribution in [0.2, 0.25) is 0 Å². The fourth-order valence-electron chi connectivity index (χ4n) is 3.38. The van der Waals surface area contributed by atoms with Crippen LogP contribution in [0.15, 0.2) is 71.5 Å². The van der Waals surface area contributed by atoms with Gasteiger partial charge in [-0.25, -0.2) is 4.68 Å². The molecule has 1 amide bonds. The third-order valence-corrected chi connectivity index (χ3v) is 4.84. The Labute approximate surface area is 163 Å². The molecule has 0 saturated carbocycles. The Hall–Kier alpha value is -3.25. The Morgan fingerprint density at radius 1 is 1.07 bits per heavy atom. The minimum Gasteiger partial charge on any atom is -0.370 e. The maximum absolute atomic E-state index is 13.1. The van der Waals surface area contributed by atoms with Crippen LogP contribution in [0.3, 0.4) is 0 Å². The van der Waals surface area contributed by atoms with Crippen LogP contribution in [0, 0.1) is 6.92 Å². The molecule has 1 fully saturated rings. The summed E-state index contributed by atoms with van der Waals surface area (Å²) in [4.78, 5) is 27.2. The maximum atomic E-state index is 13.1. The highest BCUT2D eigenvalue weighted by atomic mass is 16.5. The summed E-state index contributed by atoms with van der Waals surface area (Å²) in [6, 6.07) is 20.7. The summed E-state index contributed by atoms with van der Waals surface area (Å²) in [6.45, 7) is 3.05. The molecule has 28 heavy (non-hydrogen) atoms. The minimum absolute atomic E-state index is 0.0665. The number of para-hydroxylation sites is 1. The highest BCUT2D eigenvalue weighted by molar-refractivity contribution is 5.92. The second-order valence-electron chi connectivity index (χ2n) is 6.77. The van der Waals surface area contributed by atoms with Crippen molar-refractivity contribution in [3.05, 3.63) is 93.9 Å². The SMILES string of the molecule is Cc1cc(=O)c(C(=O)N2CCO[C@H](c3ccccc3)C2)nn1-c1ccccc1. The van der Waals surface area contributed by atoms with E-state index in [2.05, 4.69) is 5.10 Å². The molecule has 142 valence electrons. The van der Waals surface area contributed by atoms with E-state index in [4.69, 9.17) is 4.74 Å². The van der Waals surface area contributed by atoms with E-state index >= 15 is 0 Å². The lowest BCUT2D eigenvalue weighted by Crippen LogP contribution is -2.44. The first-order valence-corrected chi connectivity index (χ1v) is 9.26. The summed E-state index contributed by atoms with van der Waals surface area (Å²) in [5, 5.41) is 4.39. The van der Waals surface area contributed by atoms with Gasteiger partial charge in [-0.2, -0.15) is 5.10 Å². The van der Waals surface area contributed by atoms with Crippen molar-refractivity contribution in [1.29, 1.82) is 0 Å². The van der Waals surface area contributed by atoms with Gasteiger partial charge in [-0.3, -0.25) is 9.59 Å². The van der Waals surface area contributed by atoms with Crippen LogP contribution in [0.4, 0.5) is 0 Å². The molecule has 6 heteroatoms. The van der Waals surface area contributed by atoms with Crippen LogP contribution < -0.4 is 5.43 Å². The molecule has 2 aromatic carbocycles. The Balaban J connectivity index is 1.63. The van der Waals surface area contributed by atoms with Gasteiger partial charge >= 0.3 is 0 Å². The quantitative estimate of drug-likeness (QED) is 0.706. The molecule has 4 rings (SSSR count). The van der Waals surface area contributed by atoms with Crippen LogP contribution >= 0.6 is 0 Å². The Bertz CT molecular complexity index is 1030. The highest BCUT2D eigenvalue weighted by Crippen LogP contribution is 2.22. The van der Waals surface area contributed by atoms with Gasteiger partial charge in [-0.05, 0) is 24.6 Å². The second kappa shape index (κ2) is 7.78. The van der Waals surface area contributed by atoms with Gasteiger partial charge in [-0.1, -0.05) is 48.5 Å². The average Bonchev–Trinajstić information content (AvgIpc) is 2.75. The summed E-state index contributed by atoms with van der Waals surface area (Å²) in [5.41, 5.74) is 2.06. The minimum atomic E-state index is -0.363. The normalized spacial score (nSPS) is 16.8. The van der Waals surface area contributed by atoms with Crippen molar-refractivity contribution in [3.8, 4) is 5.69 Å². The first-order valence-electron chi connectivity index (χ1n) is 9.26. The number of carbonyl (C=O) groups is 1. The number of aromatic nitrogens is 2. The zero-order valence-corrected chi connectivity index (χ0v) is 15.6. The number of carbonyl (C=O) groups excluding carboxylic acids is 1. The van der Waals surface area contributed by atoms with Crippen LogP contribution in [0.1, 0.15) is 27.8 Å². The number of rotatable bonds is 3. The smallest absolute Gasteiger partial charge is 0.278 e. The van der Waals surface area contributed by atoms with Gasteiger partial charge in [0.15, 0.2) is 5.69 Å². The Morgan fingerprint density at radius 3 is 2.46 bits per heavy atom. The van der Waals surface area contributed by atoms with Gasteiger partial charge in [0, 0.05) is 18.3 Å². The number of hydrogen-bond acceptors (Lipinski definition) is 4. The van der Waals surface area contributed by atoms with Crippen molar-refractivity contribution in [2.75, 3.05) is 19.7 Å². The first kappa shape index (κ1) is 18.1. The van der Waals surface area contributed by atoms with Gasteiger partial charge in [0.05, 0.1) is 18.8 Å². The number of benzene rings is 2. The van der Waals surface area contributed by atoms with E-state index in [0.29, 0.717) is 25.4 Å². The van der Waals surface area contributed by atoms with Crippen molar-refractivity contribution < 1.29 is 9.53 Å². The van der Waals surface area contributed by atoms with Crippen LogP contribution in [-0.2, 0) is 4.74 Å². The largest absolute Gasteiger partial charge is 0.370 e. The lowest BCUT2D eigenvalue weighted by molar-refractivity contribution is -0.0231. The molecule has 2 heterocycles. The molecule has 0 spiro atoms. The van der Waals surface area contributed by atoms with E-state index < -0.39 is 0 Å². The summed E-state index contributed by atoms with van der Waals surface area (Å²) < 4.78 is 7.45. The van der Waals surface area contributed by atoms with Gasteiger partial charge in [0.2, 0.25) is 5.43 Å². The molecule has 0 N–H and O–H groups in total. The van der Waals surface area contributed by atoms with Gasteiger partial charge in [0.1, 0.15) is 6.10 Å². The van der Waals surface area contributed by atoms with Crippen LogP contribution in [-0.4, -0.2) is 40.3 Å². The molecule has 0 aliphatic carbocycles. The maximum Gasteiger partial charge on any atom is 0.278 e.